The minimum Gasteiger partial charge on any atom is -0.381 e. The summed E-state index contributed by atoms with van der Waals surface area (Å²) >= 11 is 0. The molecular weight excluding hydrogens is 288 g/mol. The Bertz CT molecular complexity index is 700. The highest BCUT2D eigenvalue weighted by Crippen LogP contribution is 2.30. The number of rotatable bonds is 4. The smallest absolute Gasteiger partial charge is 0.322 e. The molecule has 0 aromatic heterocycles. The van der Waals surface area contributed by atoms with Crippen LogP contribution < -0.4 is 5.32 Å². The molecule has 1 heterocycles. The summed E-state index contributed by atoms with van der Waals surface area (Å²) in [5, 5.41) is 5.36. The predicted molar refractivity (Wildman–Crippen MR) is 91.6 cm³/mol. The van der Waals surface area contributed by atoms with Crippen molar-refractivity contribution in [1.29, 1.82) is 0 Å². The molecule has 2 fully saturated rings. The Balaban J connectivity index is 1.52. The van der Waals surface area contributed by atoms with Crippen LogP contribution in [0.1, 0.15) is 19.3 Å². The van der Waals surface area contributed by atoms with Gasteiger partial charge in [-0.05, 0) is 30.7 Å². The standard InChI is InChI=1S/C19H22N2O2/c22-19(21(16-8-9-16)12-14-10-11-23-13-14)20-18-7-3-5-15-4-1-2-6-17(15)18/h1-7,14,16H,8-13H2,(H,20,22). The number of carbonyl (C=O) groups is 1. The predicted octanol–water partition coefficient (Wildman–Crippen LogP) is 3.87. The molecule has 1 saturated carbocycles. The van der Waals surface area contributed by atoms with Crippen molar-refractivity contribution in [2.75, 3.05) is 25.1 Å². The van der Waals surface area contributed by atoms with Crippen molar-refractivity contribution in [2.45, 2.75) is 25.3 Å². The van der Waals surface area contributed by atoms with E-state index in [2.05, 4.69) is 23.5 Å². The third kappa shape index (κ3) is 3.17. The number of ether oxygens (including phenoxy) is 1. The number of benzene rings is 2. The lowest BCUT2D eigenvalue weighted by Crippen LogP contribution is -2.40. The number of fused-ring (bicyclic) bond motifs is 1. The van der Waals surface area contributed by atoms with E-state index in [9.17, 15) is 4.79 Å². The molecule has 2 aromatic carbocycles. The first-order chi connectivity index (χ1) is 11.3. The van der Waals surface area contributed by atoms with Crippen LogP contribution in [0.4, 0.5) is 10.5 Å². The first-order valence-electron chi connectivity index (χ1n) is 8.44. The fraction of sp³-hybridized carbons (Fsp3) is 0.421. The third-order valence-corrected chi connectivity index (χ3v) is 4.76. The fourth-order valence-corrected chi connectivity index (χ4v) is 3.31. The Labute approximate surface area is 136 Å². The highest BCUT2D eigenvalue weighted by molar-refractivity contribution is 6.01. The largest absolute Gasteiger partial charge is 0.381 e. The number of nitrogens with zero attached hydrogens (tertiary/aromatic N) is 1. The van der Waals surface area contributed by atoms with E-state index in [0.717, 1.165) is 55.5 Å². The van der Waals surface area contributed by atoms with Crippen LogP contribution >= 0.6 is 0 Å². The number of urea groups is 1. The SMILES string of the molecule is O=C(Nc1cccc2ccccc12)N(CC1CCOC1)C1CC1. The van der Waals surface area contributed by atoms with E-state index in [1.54, 1.807) is 0 Å². The van der Waals surface area contributed by atoms with Gasteiger partial charge in [0.1, 0.15) is 0 Å². The maximum absolute atomic E-state index is 12.8. The quantitative estimate of drug-likeness (QED) is 0.931. The van der Waals surface area contributed by atoms with E-state index in [4.69, 9.17) is 4.74 Å². The Morgan fingerprint density at radius 3 is 2.74 bits per heavy atom. The van der Waals surface area contributed by atoms with E-state index in [0.29, 0.717) is 12.0 Å². The summed E-state index contributed by atoms with van der Waals surface area (Å²) in [5.74, 6) is 0.480. The Morgan fingerprint density at radius 2 is 1.96 bits per heavy atom. The Kier molecular flexibility index (Phi) is 3.92. The number of amides is 2. The first kappa shape index (κ1) is 14.5. The maximum atomic E-state index is 12.8. The van der Waals surface area contributed by atoms with Gasteiger partial charge in [0.05, 0.1) is 12.3 Å². The average molecular weight is 310 g/mol. The third-order valence-electron chi connectivity index (χ3n) is 4.76. The van der Waals surface area contributed by atoms with Crippen molar-refractivity contribution < 1.29 is 9.53 Å². The summed E-state index contributed by atoms with van der Waals surface area (Å²) in [7, 11) is 0. The van der Waals surface area contributed by atoms with Crippen molar-refractivity contribution in [3.05, 3.63) is 42.5 Å². The number of hydrogen-bond donors (Lipinski definition) is 1. The molecule has 4 nitrogen and oxygen atoms in total. The van der Waals surface area contributed by atoms with E-state index >= 15 is 0 Å². The molecule has 2 amide bonds. The molecule has 1 aliphatic carbocycles. The molecule has 1 aliphatic heterocycles. The molecule has 1 unspecified atom stereocenters. The topological polar surface area (TPSA) is 41.6 Å². The minimum absolute atomic E-state index is 0.0238. The summed E-state index contributed by atoms with van der Waals surface area (Å²) < 4.78 is 5.46. The monoisotopic (exact) mass is 310 g/mol. The second-order valence-electron chi connectivity index (χ2n) is 6.57. The van der Waals surface area contributed by atoms with Crippen LogP contribution in [0.5, 0.6) is 0 Å². The number of carbonyl (C=O) groups excluding carboxylic acids is 1. The molecule has 1 atom stereocenters. The zero-order valence-corrected chi connectivity index (χ0v) is 13.2. The van der Waals surface area contributed by atoms with E-state index in [1.165, 1.54) is 0 Å². The van der Waals surface area contributed by atoms with E-state index in [1.807, 2.05) is 29.2 Å². The van der Waals surface area contributed by atoms with E-state index < -0.39 is 0 Å². The molecule has 0 spiro atoms. The summed E-state index contributed by atoms with van der Waals surface area (Å²) in [4.78, 5) is 14.8. The van der Waals surface area contributed by atoms with Crippen LogP contribution in [-0.2, 0) is 4.74 Å². The molecule has 23 heavy (non-hydrogen) atoms. The van der Waals surface area contributed by atoms with Gasteiger partial charge in [0, 0.05) is 30.5 Å². The van der Waals surface area contributed by atoms with Crippen LogP contribution in [-0.4, -0.2) is 36.7 Å². The molecule has 2 aliphatic rings. The zero-order valence-electron chi connectivity index (χ0n) is 13.2. The first-order valence-corrected chi connectivity index (χ1v) is 8.44. The van der Waals surface area contributed by atoms with Gasteiger partial charge >= 0.3 is 6.03 Å². The summed E-state index contributed by atoms with van der Waals surface area (Å²) in [6, 6.07) is 14.6. The molecular formula is C19H22N2O2. The minimum atomic E-state index is 0.0238. The molecule has 4 rings (SSSR count). The van der Waals surface area contributed by atoms with Crippen molar-refractivity contribution in [3.63, 3.8) is 0 Å². The van der Waals surface area contributed by atoms with Gasteiger partial charge in [-0.2, -0.15) is 0 Å². The van der Waals surface area contributed by atoms with Gasteiger partial charge in [-0.25, -0.2) is 4.79 Å². The Morgan fingerprint density at radius 1 is 1.13 bits per heavy atom. The molecule has 2 aromatic rings. The van der Waals surface area contributed by atoms with Crippen LogP contribution in [0.3, 0.4) is 0 Å². The lowest BCUT2D eigenvalue weighted by Gasteiger charge is -2.25. The van der Waals surface area contributed by atoms with Crippen LogP contribution in [0.25, 0.3) is 10.8 Å². The highest BCUT2D eigenvalue weighted by atomic mass is 16.5. The van der Waals surface area contributed by atoms with Gasteiger partial charge in [-0.3, -0.25) is 0 Å². The molecule has 4 heteroatoms. The average Bonchev–Trinajstić information content (AvgIpc) is 3.29. The molecule has 1 N–H and O–H groups in total. The fourth-order valence-electron chi connectivity index (χ4n) is 3.31. The lowest BCUT2D eigenvalue weighted by molar-refractivity contribution is 0.167. The van der Waals surface area contributed by atoms with Gasteiger partial charge in [0.2, 0.25) is 0 Å². The summed E-state index contributed by atoms with van der Waals surface area (Å²) in [5.41, 5.74) is 0.890. The number of nitrogens with one attached hydrogen (secondary N) is 1. The second-order valence-corrected chi connectivity index (χ2v) is 6.57. The second kappa shape index (κ2) is 6.20. The maximum Gasteiger partial charge on any atom is 0.322 e. The summed E-state index contributed by atoms with van der Waals surface area (Å²) in [6.07, 6.45) is 3.30. The molecule has 120 valence electrons. The van der Waals surface area contributed by atoms with Crippen LogP contribution in [0.15, 0.2) is 42.5 Å². The van der Waals surface area contributed by atoms with Crippen molar-refractivity contribution in [2.24, 2.45) is 5.92 Å². The molecule has 1 saturated heterocycles. The molecule has 0 bridgehead atoms. The highest BCUT2D eigenvalue weighted by Gasteiger charge is 2.35. The van der Waals surface area contributed by atoms with Gasteiger partial charge in [-0.1, -0.05) is 36.4 Å². The van der Waals surface area contributed by atoms with Crippen molar-refractivity contribution in [1.82, 2.24) is 4.90 Å². The van der Waals surface area contributed by atoms with Gasteiger partial charge in [-0.15, -0.1) is 0 Å². The van der Waals surface area contributed by atoms with Crippen LogP contribution in [0.2, 0.25) is 0 Å². The lowest BCUT2D eigenvalue weighted by atomic mass is 10.1. The van der Waals surface area contributed by atoms with Gasteiger partial charge in [0.15, 0.2) is 0 Å². The zero-order chi connectivity index (χ0) is 15.6. The molecule has 0 radical (unpaired) electrons. The van der Waals surface area contributed by atoms with E-state index in [-0.39, 0.29) is 6.03 Å². The normalized spacial score (nSPS) is 20.6. The Hall–Kier alpha value is -2.07. The van der Waals surface area contributed by atoms with Crippen molar-refractivity contribution in [3.8, 4) is 0 Å². The number of anilines is 1. The van der Waals surface area contributed by atoms with Crippen molar-refractivity contribution >= 4 is 22.5 Å². The number of hydrogen-bond acceptors (Lipinski definition) is 2. The van der Waals surface area contributed by atoms with Gasteiger partial charge < -0.3 is 15.0 Å². The summed E-state index contributed by atoms with van der Waals surface area (Å²) in [6.45, 7) is 2.42. The van der Waals surface area contributed by atoms with Gasteiger partial charge in [0.25, 0.3) is 0 Å². The van der Waals surface area contributed by atoms with Crippen LogP contribution in [0, 0.1) is 5.92 Å².